The number of rotatable bonds is 6. The third kappa shape index (κ3) is 4.48. The van der Waals surface area contributed by atoms with Crippen molar-refractivity contribution in [2.24, 2.45) is 0 Å². The van der Waals surface area contributed by atoms with E-state index in [4.69, 9.17) is 4.74 Å². The van der Waals surface area contributed by atoms with Crippen molar-refractivity contribution >= 4 is 39.2 Å². The van der Waals surface area contributed by atoms with E-state index in [0.29, 0.717) is 38.8 Å². The second-order valence-corrected chi connectivity index (χ2v) is 10.6. The van der Waals surface area contributed by atoms with Crippen LogP contribution in [0, 0.1) is 20.8 Å². The first-order chi connectivity index (χ1) is 16.4. The van der Waals surface area contributed by atoms with Gasteiger partial charge in [-0.2, -0.15) is 0 Å². The number of hydrogen-bond donors (Lipinski definition) is 2. The molecule has 1 amide bonds. The summed E-state index contributed by atoms with van der Waals surface area (Å²) in [6, 6.07) is 14.2. The number of para-hydroxylation sites is 1. The number of aryl methyl sites for hydroxylation is 3. The molecule has 1 aliphatic heterocycles. The Morgan fingerprint density at radius 2 is 2.06 bits per heavy atom. The van der Waals surface area contributed by atoms with Crippen molar-refractivity contribution < 1.29 is 9.53 Å². The monoisotopic (exact) mass is 491 g/mol. The number of ether oxygens (including phenoxy) is 1. The molecule has 3 heterocycles. The average molecular weight is 492 g/mol. The first-order valence-electron chi connectivity index (χ1n) is 11.1. The molecule has 6 nitrogen and oxygen atoms in total. The van der Waals surface area contributed by atoms with Crippen molar-refractivity contribution in [3.63, 3.8) is 0 Å². The van der Waals surface area contributed by atoms with Crippen LogP contribution in [0.5, 0.6) is 5.75 Å². The van der Waals surface area contributed by atoms with Gasteiger partial charge in [0.1, 0.15) is 22.5 Å². The Kier molecular flexibility index (Phi) is 6.18. The van der Waals surface area contributed by atoms with E-state index in [1.807, 2.05) is 24.3 Å². The molecule has 8 heteroatoms. The average Bonchev–Trinajstić information content (AvgIpc) is 3.39. The molecule has 1 aliphatic rings. The quantitative estimate of drug-likeness (QED) is 0.374. The predicted octanol–water partition coefficient (Wildman–Crippen LogP) is 4.94. The van der Waals surface area contributed by atoms with Crippen LogP contribution in [0.15, 0.2) is 52.2 Å². The summed E-state index contributed by atoms with van der Waals surface area (Å²) in [5.41, 5.74) is 4.00. The number of benzene rings is 2. The molecule has 0 spiro atoms. The third-order valence-corrected chi connectivity index (χ3v) is 8.32. The number of nitrogens with one attached hydrogen (secondary N) is 2. The van der Waals surface area contributed by atoms with Gasteiger partial charge in [0.05, 0.1) is 22.6 Å². The molecule has 0 saturated carbocycles. The van der Waals surface area contributed by atoms with Gasteiger partial charge in [-0.25, -0.2) is 4.98 Å². The van der Waals surface area contributed by atoms with Crippen LogP contribution in [0.1, 0.15) is 37.7 Å². The summed E-state index contributed by atoms with van der Waals surface area (Å²) in [5.74, 6) is 1.83. The zero-order valence-electron chi connectivity index (χ0n) is 19.2. The first kappa shape index (κ1) is 22.7. The summed E-state index contributed by atoms with van der Waals surface area (Å²) >= 11 is 2.91. The lowest BCUT2D eigenvalue weighted by molar-refractivity contribution is 0.0937. The van der Waals surface area contributed by atoms with Crippen LogP contribution in [0.25, 0.3) is 10.2 Å². The molecule has 2 N–H and O–H groups in total. The van der Waals surface area contributed by atoms with Crippen molar-refractivity contribution in [2.45, 2.75) is 43.9 Å². The van der Waals surface area contributed by atoms with Gasteiger partial charge in [-0.15, -0.1) is 23.1 Å². The van der Waals surface area contributed by atoms with Crippen LogP contribution in [-0.2, 0) is 12.2 Å². The Labute approximate surface area is 205 Å². The van der Waals surface area contributed by atoms with E-state index >= 15 is 0 Å². The second-order valence-electron chi connectivity index (χ2n) is 8.57. The Bertz CT molecular complexity index is 1430. The minimum atomic E-state index is -0.205. The fourth-order valence-corrected chi connectivity index (χ4v) is 6.25. The molecule has 1 unspecified atom stereocenters. The van der Waals surface area contributed by atoms with Crippen molar-refractivity contribution in [1.82, 2.24) is 15.3 Å². The number of carbonyl (C=O) groups excluding carboxylic acids is 1. The highest BCUT2D eigenvalue weighted by molar-refractivity contribution is 7.98. The first-order valence-corrected chi connectivity index (χ1v) is 12.9. The van der Waals surface area contributed by atoms with Crippen molar-refractivity contribution in [3.05, 3.63) is 85.8 Å². The molecule has 0 bridgehead atoms. The maximum atomic E-state index is 12.9. The molecule has 0 fully saturated rings. The van der Waals surface area contributed by atoms with Crippen LogP contribution < -0.4 is 15.6 Å². The largest absolute Gasteiger partial charge is 0.488 e. The summed E-state index contributed by atoms with van der Waals surface area (Å²) in [5, 5.41) is 3.46. The van der Waals surface area contributed by atoms with Crippen molar-refractivity contribution in [3.8, 4) is 5.75 Å². The zero-order valence-corrected chi connectivity index (χ0v) is 20.9. The van der Waals surface area contributed by atoms with Gasteiger partial charge in [0, 0.05) is 11.3 Å². The Hall–Kier alpha value is -3.10. The highest BCUT2D eigenvalue weighted by atomic mass is 32.2. The zero-order chi connectivity index (χ0) is 23.8. The number of amides is 1. The van der Waals surface area contributed by atoms with E-state index < -0.39 is 0 Å². The normalized spacial score (nSPS) is 14.7. The van der Waals surface area contributed by atoms with Crippen LogP contribution >= 0.6 is 23.1 Å². The molecule has 4 aromatic rings. The maximum Gasteiger partial charge on any atom is 0.261 e. The van der Waals surface area contributed by atoms with E-state index in [1.54, 1.807) is 18.7 Å². The minimum absolute atomic E-state index is 0.0914. The number of hydrogen-bond acceptors (Lipinski definition) is 6. The minimum Gasteiger partial charge on any atom is -0.488 e. The van der Waals surface area contributed by atoms with E-state index in [-0.39, 0.29) is 17.6 Å². The highest BCUT2D eigenvalue weighted by Gasteiger charge is 2.24. The second kappa shape index (κ2) is 9.27. The smallest absolute Gasteiger partial charge is 0.261 e. The Morgan fingerprint density at radius 1 is 1.24 bits per heavy atom. The van der Waals surface area contributed by atoms with Gasteiger partial charge in [-0.1, -0.05) is 35.9 Å². The summed E-state index contributed by atoms with van der Waals surface area (Å²) in [6.45, 7) is 6.35. The molecule has 0 aliphatic carbocycles. The molecular formula is C26H25N3O3S2. The van der Waals surface area contributed by atoms with Gasteiger partial charge in [-0.05, 0) is 49.6 Å². The van der Waals surface area contributed by atoms with Crippen LogP contribution in [-0.4, -0.2) is 28.5 Å². The Balaban J connectivity index is 1.30. The predicted molar refractivity (Wildman–Crippen MR) is 137 cm³/mol. The number of aromatic amines is 1. The molecule has 34 heavy (non-hydrogen) atoms. The molecule has 2 aromatic carbocycles. The van der Waals surface area contributed by atoms with E-state index in [1.165, 1.54) is 27.4 Å². The molecule has 0 radical (unpaired) electrons. The number of thioether (sulfide) groups is 1. The highest BCUT2D eigenvalue weighted by Crippen LogP contribution is 2.30. The number of thiophene rings is 1. The summed E-state index contributed by atoms with van der Waals surface area (Å²) in [6.07, 6.45) is 0.677. The lowest BCUT2D eigenvalue weighted by Gasteiger charge is -2.11. The standard InChI is InChI=1S/C26H25N3O3S2/c1-14-8-9-15(2)20(10-14)33-13-21-28-24(30)22-16(3)23(34-26(22)29-21)25(31)27-12-18-11-17-6-4-5-7-19(17)32-18/h4-10,18H,11-13H2,1-3H3,(H,27,31)(H,28,29,30). The number of carbonyl (C=O) groups is 1. The van der Waals surface area contributed by atoms with Crippen LogP contribution in [0.2, 0.25) is 0 Å². The van der Waals surface area contributed by atoms with Gasteiger partial charge in [0.15, 0.2) is 0 Å². The lowest BCUT2D eigenvalue weighted by atomic mass is 10.1. The number of nitrogens with zero attached hydrogens (tertiary/aromatic N) is 1. The number of fused-ring (bicyclic) bond motifs is 2. The van der Waals surface area contributed by atoms with Crippen molar-refractivity contribution in [1.29, 1.82) is 0 Å². The SMILES string of the molecule is Cc1ccc(C)c(SCc2nc3sc(C(=O)NCC4Cc5ccccc5O4)c(C)c3c(=O)[nH]2)c1. The van der Waals surface area contributed by atoms with E-state index in [0.717, 1.165) is 17.7 Å². The van der Waals surface area contributed by atoms with Crippen LogP contribution in [0.4, 0.5) is 0 Å². The Morgan fingerprint density at radius 3 is 2.88 bits per heavy atom. The fraction of sp³-hybridized carbons (Fsp3) is 0.269. The maximum absolute atomic E-state index is 12.9. The third-order valence-electron chi connectivity index (χ3n) is 5.97. The van der Waals surface area contributed by atoms with Gasteiger partial charge in [-0.3, -0.25) is 9.59 Å². The molecule has 2 aromatic heterocycles. The molecule has 0 saturated heterocycles. The van der Waals surface area contributed by atoms with Crippen molar-refractivity contribution in [2.75, 3.05) is 6.54 Å². The molecule has 1 atom stereocenters. The fourth-order valence-electron chi connectivity index (χ4n) is 4.14. The summed E-state index contributed by atoms with van der Waals surface area (Å²) < 4.78 is 5.92. The summed E-state index contributed by atoms with van der Waals surface area (Å²) in [4.78, 5) is 35.6. The summed E-state index contributed by atoms with van der Waals surface area (Å²) in [7, 11) is 0. The molecule has 5 rings (SSSR count). The van der Waals surface area contributed by atoms with Gasteiger partial charge in [0.2, 0.25) is 0 Å². The molecule has 174 valence electrons. The van der Waals surface area contributed by atoms with E-state index in [2.05, 4.69) is 47.3 Å². The van der Waals surface area contributed by atoms with E-state index in [9.17, 15) is 9.59 Å². The number of aromatic nitrogens is 2. The van der Waals surface area contributed by atoms with Gasteiger partial charge in [0.25, 0.3) is 11.5 Å². The lowest BCUT2D eigenvalue weighted by Crippen LogP contribution is -2.34. The van der Waals surface area contributed by atoms with Gasteiger partial charge >= 0.3 is 0 Å². The topological polar surface area (TPSA) is 84.1 Å². The van der Waals surface area contributed by atoms with Gasteiger partial charge < -0.3 is 15.0 Å². The van der Waals surface area contributed by atoms with Crippen LogP contribution in [0.3, 0.4) is 0 Å². The molecular weight excluding hydrogens is 466 g/mol. The number of H-pyrrole nitrogens is 1.